The largest absolute Gasteiger partial charge is 0.497 e. The maximum absolute atomic E-state index is 12.2. The molecule has 0 saturated carbocycles. The number of para-hydroxylation sites is 1. The van der Waals surface area contributed by atoms with Gasteiger partial charge >= 0.3 is 0 Å². The van der Waals surface area contributed by atoms with E-state index < -0.39 is 10.0 Å². The molecule has 0 radical (unpaired) electrons. The number of hydrogen-bond donors (Lipinski definition) is 1. The van der Waals surface area contributed by atoms with Crippen molar-refractivity contribution in [2.75, 3.05) is 32.1 Å². The van der Waals surface area contributed by atoms with Crippen molar-refractivity contribution in [2.24, 2.45) is 0 Å². The van der Waals surface area contributed by atoms with Crippen LogP contribution < -0.4 is 14.4 Å². The third-order valence-corrected chi connectivity index (χ3v) is 5.01. The average molecular weight is 334 g/mol. The Morgan fingerprint density at radius 1 is 1.04 bits per heavy atom. The van der Waals surface area contributed by atoms with Crippen molar-refractivity contribution < 1.29 is 13.2 Å². The molecule has 0 unspecified atom stereocenters. The second kappa shape index (κ2) is 7.99. The zero-order valence-electron chi connectivity index (χ0n) is 13.4. The summed E-state index contributed by atoms with van der Waals surface area (Å²) in [6.45, 7) is 1.17. The summed E-state index contributed by atoms with van der Waals surface area (Å²) in [4.78, 5) is 2.34. The first-order valence-corrected chi connectivity index (χ1v) is 8.91. The van der Waals surface area contributed by atoms with Gasteiger partial charge in [-0.3, -0.25) is 0 Å². The number of nitrogens with one attached hydrogen (secondary N) is 1. The van der Waals surface area contributed by atoms with E-state index in [1.165, 1.54) is 12.1 Å². The third-order valence-electron chi connectivity index (χ3n) is 3.53. The Bertz CT molecular complexity index is 700. The van der Waals surface area contributed by atoms with Crippen molar-refractivity contribution in [3.05, 3.63) is 54.6 Å². The van der Waals surface area contributed by atoms with Crippen molar-refractivity contribution in [1.82, 2.24) is 4.72 Å². The SMILES string of the molecule is COc1ccc(S(=O)(=O)NCCCN(C)c2ccccc2)cc1. The molecule has 124 valence electrons. The number of rotatable bonds is 8. The highest BCUT2D eigenvalue weighted by Crippen LogP contribution is 2.15. The molecule has 0 amide bonds. The molecular weight excluding hydrogens is 312 g/mol. The standard InChI is InChI=1S/C17H22N2O3S/c1-19(15-7-4-3-5-8-15)14-6-13-18-23(20,21)17-11-9-16(22-2)10-12-17/h3-5,7-12,18H,6,13-14H2,1-2H3. The van der Waals surface area contributed by atoms with Crippen molar-refractivity contribution in [1.29, 1.82) is 0 Å². The number of sulfonamides is 1. The molecule has 0 heterocycles. The summed E-state index contributed by atoms with van der Waals surface area (Å²) in [5.41, 5.74) is 1.12. The van der Waals surface area contributed by atoms with Crippen LogP contribution in [0.1, 0.15) is 6.42 Å². The van der Waals surface area contributed by atoms with Gasteiger partial charge in [0.1, 0.15) is 5.75 Å². The number of benzene rings is 2. The predicted octanol–water partition coefficient (Wildman–Crippen LogP) is 2.50. The summed E-state index contributed by atoms with van der Waals surface area (Å²) >= 11 is 0. The molecule has 0 aliphatic carbocycles. The Morgan fingerprint density at radius 2 is 1.70 bits per heavy atom. The van der Waals surface area contributed by atoms with E-state index in [0.29, 0.717) is 12.3 Å². The van der Waals surface area contributed by atoms with E-state index in [-0.39, 0.29) is 4.90 Å². The molecule has 0 fully saturated rings. The van der Waals surface area contributed by atoms with Crippen LogP contribution in [0, 0.1) is 0 Å². The van der Waals surface area contributed by atoms with Crippen LogP contribution in [0.4, 0.5) is 5.69 Å². The summed E-state index contributed by atoms with van der Waals surface area (Å²) in [5.74, 6) is 0.633. The molecule has 6 heteroatoms. The molecule has 23 heavy (non-hydrogen) atoms. The second-order valence-corrected chi connectivity index (χ2v) is 6.95. The van der Waals surface area contributed by atoms with Crippen LogP contribution in [-0.4, -0.2) is 35.7 Å². The van der Waals surface area contributed by atoms with Gasteiger partial charge in [-0.2, -0.15) is 0 Å². The lowest BCUT2D eigenvalue weighted by molar-refractivity contribution is 0.414. The summed E-state index contributed by atoms with van der Waals surface area (Å²) in [6, 6.07) is 16.4. The zero-order valence-corrected chi connectivity index (χ0v) is 14.2. The van der Waals surface area contributed by atoms with Gasteiger partial charge in [0, 0.05) is 25.8 Å². The number of nitrogens with zero attached hydrogens (tertiary/aromatic N) is 1. The Labute approximate surface area is 137 Å². The molecule has 0 aliphatic rings. The molecule has 5 nitrogen and oxygen atoms in total. The van der Waals surface area contributed by atoms with Crippen LogP contribution in [-0.2, 0) is 10.0 Å². The van der Waals surface area contributed by atoms with Crippen molar-refractivity contribution in [3.63, 3.8) is 0 Å². The molecule has 1 N–H and O–H groups in total. The smallest absolute Gasteiger partial charge is 0.240 e. The van der Waals surface area contributed by atoms with Gasteiger partial charge in [0.2, 0.25) is 10.0 Å². The van der Waals surface area contributed by atoms with Gasteiger partial charge in [-0.1, -0.05) is 18.2 Å². The summed E-state index contributed by atoms with van der Waals surface area (Å²) in [6.07, 6.45) is 0.723. The van der Waals surface area contributed by atoms with Gasteiger partial charge in [-0.15, -0.1) is 0 Å². The number of anilines is 1. The lowest BCUT2D eigenvalue weighted by Gasteiger charge is -2.19. The summed E-state index contributed by atoms with van der Waals surface area (Å²) < 4.78 is 32.0. The number of methoxy groups -OCH3 is 1. The molecule has 0 bridgehead atoms. The first-order valence-electron chi connectivity index (χ1n) is 7.43. The first kappa shape index (κ1) is 17.3. The summed E-state index contributed by atoms with van der Waals surface area (Å²) in [7, 11) is 0.0681. The first-order chi connectivity index (χ1) is 11.0. The molecule has 0 aliphatic heterocycles. The summed E-state index contributed by atoms with van der Waals surface area (Å²) in [5, 5.41) is 0. The van der Waals surface area contributed by atoms with E-state index in [4.69, 9.17) is 4.74 Å². The Morgan fingerprint density at radius 3 is 2.30 bits per heavy atom. The van der Waals surface area contributed by atoms with Crippen LogP contribution >= 0.6 is 0 Å². The molecule has 2 aromatic rings. The lowest BCUT2D eigenvalue weighted by atomic mass is 10.3. The van der Waals surface area contributed by atoms with E-state index in [0.717, 1.165) is 18.7 Å². The quantitative estimate of drug-likeness (QED) is 0.754. The van der Waals surface area contributed by atoms with Crippen LogP contribution in [0.2, 0.25) is 0 Å². The van der Waals surface area contributed by atoms with E-state index in [9.17, 15) is 8.42 Å². The molecule has 0 spiro atoms. The van der Waals surface area contributed by atoms with E-state index in [2.05, 4.69) is 9.62 Å². The average Bonchev–Trinajstić information content (AvgIpc) is 2.59. The highest BCUT2D eigenvalue weighted by molar-refractivity contribution is 7.89. The van der Waals surface area contributed by atoms with Crippen LogP contribution in [0.15, 0.2) is 59.5 Å². The van der Waals surface area contributed by atoms with Crippen molar-refractivity contribution in [2.45, 2.75) is 11.3 Å². The van der Waals surface area contributed by atoms with E-state index in [1.54, 1.807) is 19.2 Å². The minimum atomic E-state index is -3.47. The molecular formula is C17H22N2O3S. The Balaban J connectivity index is 1.82. The molecule has 0 saturated heterocycles. The molecule has 2 rings (SSSR count). The fraction of sp³-hybridized carbons (Fsp3) is 0.294. The molecule has 0 aromatic heterocycles. The second-order valence-electron chi connectivity index (χ2n) is 5.18. The third kappa shape index (κ3) is 4.97. The normalized spacial score (nSPS) is 11.2. The van der Waals surface area contributed by atoms with Gasteiger partial charge in [0.25, 0.3) is 0 Å². The molecule has 2 aromatic carbocycles. The number of hydrogen-bond acceptors (Lipinski definition) is 4. The zero-order chi connectivity index (χ0) is 16.7. The lowest BCUT2D eigenvalue weighted by Crippen LogP contribution is -2.28. The maximum atomic E-state index is 12.2. The van der Waals surface area contributed by atoms with Crippen molar-refractivity contribution >= 4 is 15.7 Å². The highest BCUT2D eigenvalue weighted by Gasteiger charge is 2.13. The van der Waals surface area contributed by atoms with Gasteiger partial charge < -0.3 is 9.64 Å². The fourth-order valence-electron chi connectivity index (χ4n) is 2.17. The maximum Gasteiger partial charge on any atom is 0.240 e. The number of ether oxygens (including phenoxy) is 1. The van der Waals surface area contributed by atoms with E-state index in [1.807, 2.05) is 37.4 Å². The van der Waals surface area contributed by atoms with Gasteiger partial charge in [0.05, 0.1) is 12.0 Å². The van der Waals surface area contributed by atoms with Gasteiger partial charge in [-0.25, -0.2) is 13.1 Å². The predicted molar refractivity (Wildman–Crippen MR) is 92.5 cm³/mol. The highest BCUT2D eigenvalue weighted by atomic mass is 32.2. The van der Waals surface area contributed by atoms with Crippen molar-refractivity contribution in [3.8, 4) is 5.75 Å². The monoisotopic (exact) mass is 334 g/mol. The minimum Gasteiger partial charge on any atom is -0.497 e. The van der Waals surface area contributed by atoms with Gasteiger partial charge in [0.15, 0.2) is 0 Å². The topological polar surface area (TPSA) is 58.6 Å². The van der Waals surface area contributed by atoms with Gasteiger partial charge in [-0.05, 0) is 42.8 Å². The van der Waals surface area contributed by atoms with Crippen LogP contribution in [0.3, 0.4) is 0 Å². The Kier molecular flexibility index (Phi) is 6.01. The molecule has 0 atom stereocenters. The van der Waals surface area contributed by atoms with Crippen LogP contribution in [0.5, 0.6) is 5.75 Å². The Hall–Kier alpha value is -2.05. The van der Waals surface area contributed by atoms with Crippen LogP contribution in [0.25, 0.3) is 0 Å². The fourth-order valence-corrected chi connectivity index (χ4v) is 3.25. The van der Waals surface area contributed by atoms with E-state index >= 15 is 0 Å². The minimum absolute atomic E-state index is 0.245.